The van der Waals surface area contributed by atoms with Crippen molar-refractivity contribution >= 4 is 33.7 Å². The van der Waals surface area contributed by atoms with Gasteiger partial charge in [-0.2, -0.15) is 4.09 Å². The zero-order chi connectivity index (χ0) is 29.1. The largest absolute Gasteiger partial charge is 0.484 e. The molecular weight excluding hydrogens is 577 g/mol. The zero-order valence-electron chi connectivity index (χ0n) is 23.5. The Labute approximate surface area is 252 Å². The molecule has 0 radical (unpaired) electrons. The summed E-state index contributed by atoms with van der Waals surface area (Å²) in [7, 11) is 1.12. The highest BCUT2D eigenvalue weighted by molar-refractivity contribution is 8.67. The average molecular weight is 610 g/mol. The lowest BCUT2D eigenvalue weighted by Crippen LogP contribution is -2.38. The van der Waals surface area contributed by atoms with Crippen LogP contribution in [0.3, 0.4) is 0 Å². The SMILES string of the molecule is Cc1noc(C)c1-c1ccc2c(c1)nc(CCc1ccc(OCc3cn(SS)nn3)c(F)c1)n2CCN1CCOCC1. The maximum absolute atomic E-state index is 14.9. The topological polar surface area (TPSA) is 96.3 Å². The summed E-state index contributed by atoms with van der Waals surface area (Å²) in [6.45, 7) is 9.10. The highest BCUT2D eigenvalue weighted by Crippen LogP contribution is 2.30. The molecule has 1 aliphatic heterocycles. The molecule has 2 aromatic carbocycles. The normalized spacial score (nSPS) is 14.2. The maximum Gasteiger partial charge on any atom is 0.165 e. The van der Waals surface area contributed by atoms with Gasteiger partial charge in [-0.25, -0.2) is 9.37 Å². The summed E-state index contributed by atoms with van der Waals surface area (Å²) in [6.07, 6.45) is 3.00. The van der Waals surface area contributed by atoms with Crippen LogP contribution in [-0.4, -0.2) is 66.9 Å². The van der Waals surface area contributed by atoms with Crippen LogP contribution in [-0.2, 0) is 30.7 Å². The number of hydrogen-bond donors (Lipinski definition) is 1. The molecule has 1 aliphatic rings. The number of fused-ring (bicyclic) bond motifs is 1. The van der Waals surface area contributed by atoms with Crippen molar-refractivity contribution in [1.29, 1.82) is 0 Å². The molecular formula is C29H32FN7O3S2. The minimum Gasteiger partial charge on any atom is -0.484 e. The van der Waals surface area contributed by atoms with Crippen LogP contribution in [0.25, 0.3) is 22.2 Å². The predicted octanol–water partition coefficient (Wildman–Crippen LogP) is 5.08. The van der Waals surface area contributed by atoms with Crippen LogP contribution < -0.4 is 4.74 Å². The molecule has 1 saturated heterocycles. The Kier molecular flexibility index (Phi) is 8.79. The summed E-state index contributed by atoms with van der Waals surface area (Å²) < 4.78 is 35.3. The Bertz CT molecular complexity index is 1660. The molecule has 0 atom stereocenters. The predicted molar refractivity (Wildman–Crippen MR) is 162 cm³/mol. The van der Waals surface area contributed by atoms with Gasteiger partial charge in [0.25, 0.3) is 0 Å². The van der Waals surface area contributed by atoms with Gasteiger partial charge in [0.15, 0.2) is 11.6 Å². The molecule has 0 saturated carbocycles. The van der Waals surface area contributed by atoms with Gasteiger partial charge >= 0.3 is 0 Å². The molecule has 0 N–H and O–H groups in total. The maximum atomic E-state index is 14.9. The van der Waals surface area contributed by atoms with E-state index in [4.69, 9.17) is 19.0 Å². The van der Waals surface area contributed by atoms with Crippen molar-refractivity contribution in [3.8, 4) is 16.9 Å². The van der Waals surface area contributed by atoms with Gasteiger partial charge in [0.1, 0.15) is 23.9 Å². The molecule has 220 valence electrons. The third-order valence-electron chi connectivity index (χ3n) is 7.51. The fourth-order valence-electron chi connectivity index (χ4n) is 5.35. The van der Waals surface area contributed by atoms with E-state index in [2.05, 4.69) is 54.8 Å². The number of aromatic nitrogens is 6. The quantitative estimate of drug-likeness (QED) is 0.163. The van der Waals surface area contributed by atoms with Crippen LogP contribution >= 0.6 is 22.6 Å². The number of imidazole rings is 1. The number of nitrogens with zero attached hydrogens (tertiary/aromatic N) is 7. The Morgan fingerprint density at radius 1 is 1.07 bits per heavy atom. The zero-order valence-corrected chi connectivity index (χ0v) is 25.2. The minimum absolute atomic E-state index is 0.119. The number of halogens is 1. The standard InChI is InChI=1S/C29H32FN7O3S2/c1-19-29(20(2)40-33-19)22-5-6-26-25(16-22)31-28(36(26)10-9-35-11-13-38-14-12-35)8-4-21-3-7-27(24(30)15-21)39-18-23-17-37(42-41)34-32-23/h3,5-7,15-17,41H,4,8-14,18H2,1-2H3. The van der Waals surface area contributed by atoms with Crippen molar-refractivity contribution in [3.05, 3.63) is 76.9 Å². The molecule has 13 heteroatoms. The van der Waals surface area contributed by atoms with E-state index in [-0.39, 0.29) is 12.4 Å². The van der Waals surface area contributed by atoms with E-state index < -0.39 is 5.82 Å². The molecule has 0 spiro atoms. The van der Waals surface area contributed by atoms with Crippen molar-refractivity contribution in [2.75, 3.05) is 32.8 Å². The second-order valence-electron chi connectivity index (χ2n) is 10.3. The van der Waals surface area contributed by atoms with Crippen molar-refractivity contribution in [2.24, 2.45) is 0 Å². The van der Waals surface area contributed by atoms with E-state index in [1.54, 1.807) is 12.3 Å². The van der Waals surface area contributed by atoms with Crippen LogP contribution in [0.1, 0.15) is 28.5 Å². The van der Waals surface area contributed by atoms with Crippen LogP contribution in [0.5, 0.6) is 5.75 Å². The lowest BCUT2D eigenvalue weighted by Gasteiger charge is -2.27. The Balaban J connectivity index is 1.20. The van der Waals surface area contributed by atoms with Gasteiger partial charge in [0, 0.05) is 49.1 Å². The van der Waals surface area contributed by atoms with Gasteiger partial charge in [0.05, 0.1) is 36.1 Å². The highest BCUT2D eigenvalue weighted by atomic mass is 33.1. The smallest absolute Gasteiger partial charge is 0.165 e. The number of rotatable bonds is 11. The minimum atomic E-state index is -0.409. The lowest BCUT2D eigenvalue weighted by molar-refractivity contribution is 0.0364. The van der Waals surface area contributed by atoms with Gasteiger partial charge in [-0.1, -0.05) is 34.2 Å². The third-order valence-corrected chi connectivity index (χ3v) is 8.35. The molecule has 3 aromatic heterocycles. The van der Waals surface area contributed by atoms with Crippen LogP contribution in [0.2, 0.25) is 0 Å². The Hall–Kier alpha value is -3.39. The summed E-state index contributed by atoms with van der Waals surface area (Å²) >= 11 is 4.07. The molecule has 10 nitrogen and oxygen atoms in total. The molecule has 0 amide bonds. The summed E-state index contributed by atoms with van der Waals surface area (Å²) in [5, 5.41) is 12.0. The molecule has 5 aromatic rings. The third kappa shape index (κ3) is 6.33. The van der Waals surface area contributed by atoms with Gasteiger partial charge < -0.3 is 18.6 Å². The first-order valence-electron chi connectivity index (χ1n) is 13.9. The first kappa shape index (κ1) is 28.7. The van der Waals surface area contributed by atoms with Gasteiger partial charge in [0.2, 0.25) is 0 Å². The molecule has 0 bridgehead atoms. The van der Waals surface area contributed by atoms with Crippen molar-refractivity contribution in [2.45, 2.75) is 39.8 Å². The fourth-order valence-corrected chi connectivity index (χ4v) is 5.83. The summed E-state index contributed by atoms with van der Waals surface area (Å²) in [5.74, 6) is 1.53. The number of benzene rings is 2. The molecule has 42 heavy (non-hydrogen) atoms. The van der Waals surface area contributed by atoms with E-state index in [0.717, 1.165) is 95.4 Å². The average Bonchev–Trinajstić information content (AvgIpc) is 3.71. The first-order valence-corrected chi connectivity index (χ1v) is 15.7. The monoisotopic (exact) mass is 609 g/mol. The Morgan fingerprint density at radius 3 is 2.67 bits per heavy atom. The van der Waals surface area contributed by atoms with Crippen molar-refractivity contribution in [1.82, 2.24) is 34.0 Å². The van der Waals surface area contributed by atoms with Gasteiger partial charge in [-0.15, -0.1) is 5.10 Å². The first-order chi connectivity index (χ1) is 20.5. The summed E-state index contributed by atoms with van der Waals surface area (Å²) in [5.41, 5.74) is 6.37. The highest BCUT2D eigenvalue weighted by Gasteiger charge is 2.18. The number of aryl methyl sites for hydroxylation is 4. The number of ether oxygens (including phenoxy) is 2. The molecule has 1 fully saturated rings. The van der Waals surface area contributed by atoms with Crippen LogP contribution in [0, 0.1) is 19.7 Å². The van der Waals surface area contributed by atoms with E-state index in [9.17, 15) is 4.39 Å². The number of hydrogen-bond acceptors (Lipinski definition) is 10. The van der Waals surface area contributed by atoms with Crippen molar-refractivity contribution < 1.29 is 18.4 Å². The molecule has 0 aliphatic carbocycles. The number of morpholine rings is 1. The van der Waals surface area contributed by atoms with Gasteiger partial charge in [-0.3, -0.25) is 4.90 Å². The second kappa shape index (κ2) is 12.9. The fraction of sp³-hybridized carbons (Fsp3) is 0.379. The van der Waals surface area contributed by atoms with E-state index >= 15 is 0 Å². The second-order valence-corrected chi connectivity index (χ2v) is 11.3. The van der Waals surface area contributed by atoms with E-state index in [1.165, 1.54) is 10.2 Å². The van der Waals surface area contributed by atoms with Crippen molar-refractivity contribution in [3.63, 3.8) is 0 Å². The van der Waals surface area contributed by atoms with E-state index in [1.807, 2.05) is 19.9 Å². The van der Waals surface area contributed by atoms with Crippen LogP contribution in [0.4, 0.5) is 4.39 Å². The molecule has 0 unspecified atom stereocenters. The van der Waals surface area contributed by atoms with E-state index in [0.29, 0.717) is 18.5 Å². The molecule has 4 heterocycles. The van der Waals surface area contributed by atoms with Gasteiger partial charge in [-0.05, 0) is 55.7 Å². The Morgan fingerprint density at radius 2 is 1.93 bits per heavy atom. The van der Waals surface area contributed by atoms with Crippen LogP contribution in [0.15, 0.2) is 47.1 Å². The number of thiol groups is 1. The lowest BCUT2D eigenvalue weighted by atomic mass is 10.0. The molecule has 6 rings (SSSR count). The summed E-state index contributed by atoms with van der Waals surface area (Å²) in [6, 6.07) is 11.4. The summed E-state index contributed by atoms with van der Waals surface area (Å²) in [4.78, 5) is 7.48.